The number of fused-ring (bicyclic) bond motifs is 2. The number of hydrogen-bond acceptors (Lipinski definition) is 2. The van der Waals surface area contributed by atoms with Crippen LogP contribution in [0.25, 0.3) is 21.8 Å². The minimum absolute atomic E-state index is 0.0312. The van der Waals surface area contributed by atoms with Crippen LogP contribution < -0.4 is 10.7 Å². The molecule has 4 heteroatoms. The lowest BCUT2D eigenvalue weighted by atomic mass is 9.49. The lowest BCUT2D eigenvalue weighted by Crippen LogP contribution is -2.47. The Balaban J connectivity index is 1.21. The molecule has 160 valence electrons. The van der Waals surface area contributed by atoms with Gasteiger partial charge < -0.3 is 9.88 Å². The number of nitrogens with one attached hydrogen (secondary N) is 1. The molecule has 7 rings (SSSR count). The van der Waals surface area contributed by atoms with Gasteiger partial charge in [-0.05, 0) is 92.4 Å². The van der Waals surface area contributed by atoms with Crippen molar-refractivity contribution in [3.8, 4) is 0 Å². The third-order valence-corrected chi connectivity index (χ3v) is 8.32. The number of hydrogen-bond donors (Lipinski definition) is 1. The first-order chi connectivity index (χ1) is 15.1. The second-order valence-electron chi connectivity index (χ2n) is 10.5. The zero-order valence-electron chi connectivity index (χ0n) is 18.0. The van der Waals surface area contributed by atoms with Gasteiger partial charge in [-0.25, -0.2) is 0 Å². The molecule has 2 aromatic carbocycles. The number of carbonyl (C=O) groups is 1. The van der Waals surface area contributed by atoms with Gasteiger partial charge in [0.15, 0.2) is 5.43 Å². The predicted octanol–water partition coefficient (Wildman–Crippen LogP) is 4.88. The number of carbonyl (C=O) groups excluding carboxylic acids is 1. The Morgan fingerprint density at radius 3 is 1.94 bits per heavy atom. The van der Waals surface area contributed by atoms with Crippen molar-refractivity contribution in [2.75, 3.05) is 6.54 Å². The standard InChI is InChI=1S/C27H30N2O2/c30-25(28-10-9-27-14-18-11-19(15-27)13-20(12-18)16-27)17-29-23-7-3-1-5-21(23)26(31)22-6-2-4-8-24(22)29/h1-8,18-20H,9-17H2,(H,28,30). The molecule has 4 saturated carbocycles. The minimum atomic E-state index is 0.0312. The highest BCUT2D eigenvalue weighted by molar-refractivity contribution is 5.94. The number of benzene rings is 2. The maximum absolute atomic E-state index is 13.0. The minimum Gasteiger partial charge on any atom is -0.355 e. The summed E-state index contributed by atoms with van der Waals surface area (Å²) in [6, 6.07) is 15.2. The molecule has 0 aliphatic heterocycles. The van der Waals surface area contributed by atoms with Crippen molar-refractivity contribution in [1.82, 2.24) is 9.88 Å². The number of para-hydroxylation sites is 2. The number of amides is 1. The van der Waals surface area contributed by atoms with E-state index in [2.05, 4.69) is 5.32 Å². The zero-order valence-corrected chi connectivity index (χ0v) is 18.0. The highest BCUT2D eigenvalue weighted by Gasteiger charge is 2.50. The van der Waals surface area contributed by atoms with Crippen molar-refractivity contribution in [2.45, 2.75) is 51.5 Å². The smallest absolute Gasteiger partial charge is 0.239 e. The molecule has 0 radical (unpaired) electrons. The van der Waals surface area contributed by atoms with E-state index in [1.54, 1.807) is 0 Å². The van der Waals surface area contributed by atoms with Crippen molar-refractivity contribution >= 4 is 27.7 Å². The Morgan fingerprint density at radius 2 is 1.39 bits per heavy atom. The summed E-state index contributed by atoms with van der Waals surface area (Å²) in [5.74, 6) is 2.87. The van der Waals surface area contributed by atoms with E-state index < -0.39 is 0 Å². The van der Waals surface area contributed by atoms with Gasteiger partial charge in [-0.3, -0.25) is 9.59 Å². The second kappa shape index (κ2) is 7.22. The Hall–Kier alpha value is -2.62. The first kappa shape index (κ1) is 19.1. The molecule has 0 spiro atoms. The summed E-state index contributed by atoms with van der Waals surface area (Å²) in [4.78, 5) is 25.9. The normalized spacial score (nSPS) is 29.0. The third-order valence-electron chi connectivity index (χ3n) is 8.32. The molecule has 1 heterocycles. The van der Waals surface area contributed by atoms with E-state index >= 15 is 0 Å². The van der Waals surface area contributed by atoms with Crippen LogP contribution in [0.2, 0.25) is 0 Å². The quantitative estimate of drug-likeness (QED) is 0.605. The molecular weight excluding hydrogens is 384 g/mol. The monoisotopic (exact) mass is 414 g/mol. The van der Waals surface area contributed by atoms with Crippen LogP contribution in [0.3, 0.4) is 0 Å². The van der Waals surface area contributed by atoms with Gasteiger partial charge >= 0.3 is 0 Å². The first-order valence-corrected chi connectivity index (χ1v) is 11.9. The van der Waals surface area contributed by atoms with Gasteiger partial charge in [-0.1, -0.05) is 24.3 Å². The molecule has 0 atom stereocenters. The van der Waals surface area contributed by atoms with Crippen molar-refractivity contribution in [1.29, 1.82) is 0 Å². The largest absolute Gasteiger partial charge is 0.355 e. The summed E-state index contributed by atoms with van der Waals surface area (Å²) < 4.78 is 1.99. The van der Waals surface area contributed by atoms with E-state index in [0.29, 0.717) is 16.2 Å². The number of nitrogens with zero attached hydrogens (tertiary/aromatic N) is 1. The maximum atomic E-state index is 13.0. The maximum Gasteiger partial charge on any atom is 0.239 e. The Kier molecular flexibility index (Phi) is 4.45. The van der Waals surface area contributed by atoms with Gasteiger partial charge in [0.1, 0.15) is 6.54 Å². The van der Waals surface area contributed by atoms with Crippen LogP contribution >= 0.6 is 0 Å². The van der Waals surface area contributed by atoms with Crippen molar-refractivity contribution in [3.05, 3.63) is 58.8 Å². The van der Waals surface area contributed by atoms with Gasteiger partial charge in [-0.2, -0.15) is 0 Å². The molecule has 4 nitrogen and oxygen atoms in total. The van der Waals surface area contributed by atoms with Crippen molar-refractivity contribution < 1.29 is 4.79 Å². The lowest BCUT2D eigenvalue weighted by Gasteiger charge is -2.57. The number of pyridine rings is 1. The summed E-state index contributed by atoms with van der Waals surface area (Å²) in [5, 5.41) is 4.55. The average Bonchev–Trinajstić information content (AvgIpc) is 2.75. The molecule has 4 fully saturated rings. The van der Waals surface area contributed by atoms with Gasteiger partial charge in [0, 0.05) is 17.3 Å². The molecule has 1 N–H and O–H groups in total. The Morgan fingerprint density at radius 1 is 0.871 bits per heavy atom. The average molecular weight is 415 g/mol. The summed E-state index contributed by atoms with van der Waals surface area (Å²) in [6.07, 6.45) is 9.62. The summed E-state index contributed by atoms with van der Waals surface area (Å²) in [6.45, 7) is 1.00. The van der Waals surface area contributed by atoms with E-state index in [0.717, 1.165) is 41.8 Å². The van der Waals surface area contributed by atoms with Gasteiger partial charge in [0.2, 0.25) is 5.91 Å². The molecule has 31 heavy (non-hydrogen) atoms. The lowest BCUT2D eigenvalue weighted by molar-refractivity contribution is -0.121. The van der Waals surface area contributed by atoms with Crippen LogP contribution in [-0.2, 0) is 11.3 Å². The highest BCUT2D eigenvalue weighted by Crippen LogP contribution is 2.61. The van der Waals surface area contributed by atoms with Crippen LogP contribution in [0.5, 0.6) is 0 Å². The molecular formula is C27H30N2O2. The zero-order chi connectivity index (χ0) is 21.0. The molecule has 1 amide bonds. The Labute approximate surface area is 182 Å². The molecule has 4 aliphatic rings. The van der Waals surface area contributed by atoms with Gasteiger partial charge in [-0.15, -0.1) is 0 Å². The van der Waals surface area contributed by atoms with E-state index in [1.165, 1.54) is 38.5 Å². The second-order valence-corrected chi connectivity index (χ2v) is 10.5. The molecule has 1 aromatic heterocycles. The summed E-state index contributed by atoms with van der Waals surface area (Å²) in [5.41, 5.74) is 2.16. The van der Waals surface area contributed by atoms with Crippen LogP contribution in [0.1, 0.15) is 44.9 Å². The fraction of sp³-hybridized carbons (Fsp3) is 0.481. The number of aromatic nitrogens is 1. The number of rotatable bonds is 5. The molecule has 3 aromatic rings. The van der Waals surface area contributed by atoms with E-state index in [-0.39, 0.29) is 17.9 Å². The summed E-state index contributed by atoms with van der Waals surface area (Å²) >= 11 is 0. The molecule has 4 bridgehead atoms. The first-order valence-electron chi connectivity index (χ1n) is 11.9. The van der Waals surface area contributed by atoms with E-state index in [4.69, 9.17) is 0 Å². The van der Waals surface area contributed by atoms with E-state index in [9.17, 15) is 9.59 Å². The van der Waals surface area contributed by atoms with Crippen LogP contribution in [0.4, 0.5) is 0 Å². The van der Waals surface area contributed by atoms with Crippen molar-refractivity contribution in [2.24, 2.45) is 23.2 Å². The third kappa shape index (κ3) is 3.28. The fourth-order valence-electron chi connectivity index (χ4n) is 7.51. The van der Waals surface area contributed by atoms with E-state index in [1.807, 2.05) is 53.1 Å². The van der Waals surface area contributed by atoms with Crippen LogP contribution in [0.15, 0.2) is 53.3 Å². The molecule has 0 unspecified atom stereocenters. The SMILES string of the molecule is O=C(Cn1c2ccccc2c(=O)c2ccccc21)NCCC12CC3CC(CC(C3)C1)C2. The van der Waals surface area contributed by atoms with Gasteiger partial charge in [0.05, 0.1) is 11.0 Å². The predicted molar refractivity (Wildman–Crippen MR) is 124 cm³/mol. The summed E-state index contributed by atoms with van der Waals surface area (Å²) in [7, 11) is 0. The van der Waals surface area contributed by atoms with Crippen molar-refractivity contribution in [3.63, 3.8) is 0 Å². The highest BCUT2D eigenvalue weighted by atomic mass is 16.2. The van der Waals surface area contributed by atoms with Gasteiger partial charge in [0.25, 0.3) is 0 Å². The molecule has 0 saturated heterocycles. The fourth-order valence-corrected chi connectivity index (χ4v) is 7.51. The topological polar surface area (TPSA) is 51.1 Å². The Bertz CT molecular complexity index is 1130. The molecule has 4 aliphatic carbocycles. The van der Waals surface area contributed by atoms with Crippen LogP contribution in [0, 0.1) is 23.2 Å². The van der Waals surface area contributed by atoms with Crippen LogP contribution in [-0.4, -0.2) is 17.0 Å².